The van der Waals surface area contributed by atoms with Crippen LogP contribution in [-0.2, 0) is 14.6 Å². The summed E-state index contributed by atoms with van der Waals surface area (Å²) >= 11 is 0. The summed E-state index contributed by atoms with van der Waals surface area (Å²) in [5, 5.41) is 2.48. The van der Waals surface area contributed by atoms with E-state index in [0.717, 1.165) is 5.56 Å². The number of carbonyl (C=O) groups excluding carboxylic acids is 1. The van der Waals surface area contributed by atoms with Gasteiger partial charge < -0.3 is 15.8 Å². The molecule has 0 radical (unpaired) electrons. The summed E-state index contributed by atoms with van der Waals surface area (Å²) < 4.78 is 27.7. The van der Waals surface area contributed by atoms with Crippen LogP contribution in [0.5, 0.6) is 0 Å². The summed E-state index contributed by atoms with van der Waals surface area (Å²) in [5.41, 5.74) is 6.61. The summed E-state index contributed by atoms with van der Waals surface area (Å²) in [6, 6.07) is 5.91. The van der Waals surface area contributed by atoms with Crippen molar-refractivity contribution in [1.29, 1.82) is 0 Å². The molecule has 1 unspecified atom stereocenters. The number of benzene rings is 1. The van der Waals surface area contributed by atoms with E-state index in [0.29, 0.717) is 0 Å². The summed E-state index contributed by atoms with van der Waals surface area (Å²) in [6.07, 6.45) is -0.555. The van der Waals surface area contributed by atoms with E-state index in [1.165, 1.54) is 19.2 Å². The van der Waals surface area contributed by atoms with Gasteiger partial charge in [0.05, 0.1) is 17.8 Å². The van der Waals surface area contributed by atoms with Gasteiger partial charge in [0.2, 0.25) is 0 Å². The molecule has 7 heteroatoms. The predicted octanol–water partition coefficient (Wildman–Crippen LogP) is 0.836. The molecule has 0 aliphatic heterocycles. The SMILES string of the molecule is CCS(=O)(=O)c1ccc(C(N)CNC(=O)OC)cc1. The van der Waals surface area contributed by atoms with Gasteiger partial charge in [0, 0.05) is 12.6 Å². The zero-order chi connectivity index (χ0) is 14.5. The second-order valence-corrected chi connectivity index (χ2v) is 6.23. The minimum atomic E-state index is -3.20. The summed E-state index contributed by atoms with van der Waals surface area (Å²) in [6.45, 7) is 1.81. The molecule has 1 aromatic rings. The fraction of sp³-hybridized carbons (Fsp3) is 0.417. The lowest BCUT2D eigenvalue weighted by Crippen LogP contribution is -2.31. The number of hydrogen-bond donors (Lipinski definition) is 2. The quantitative estimate of drug-likeness (QED) is 0.835. The monoisotopic (exact) mass is 286 g/mol. The van der Waals surface area contributed by atoms with Gasteiger partial charge in [0.1, 0.15) is 0 Å². The van der Waals surface area contributed by atoms with Crippen molar-refractivity contribution in [2.24, 2.45) is 5.73 Å². The Kier molecular flexibility index (Phi) is 5.31. The third-order valence-corrected chi connectivity index (χ3v) is 4.45. The van der Waals surface area contributed by atoms with Crippen LogP contribution in [0.15, 0.2) is 29.2 Å². The van der Waals surface area contributed by atoms with Crippen LogP contribution in [0.3, 0.4) is 0 Å². The van der Waals surface area contributed by atoms with Crippen molar-refractivity contribution >= 4 is 15.9 Å². The Morgan fingerprint density at radius 2 is 1.95 bits per heavy atom. The molecule has 0 spiro atoms. The first-order chi connectivity index (χ1) is 8.90. The number of carbonyl (C=O) groups is 1. The van der Waals surface area contributed by atoms with E-state index in [-0.39, 0.29) is 17.2 Å². The minimum Gasteiger partial charge on any atom is -0.453 e. The second kappa shape index (κ2) is 6.53. The van der Waals surface area contributed by atoms with E-state index in [1.54, 1.807) is 19.1 Å². The molecule has 0 saturated carbocycles. The van der Waals surface area contributed by atoms with E-state index in [4.69, 9.17) is 5.73 Å². The van der Waals surface area contributed by atoms with Crippen LogP contribution in [-0.4, -0.2) is 33.9 Å². The number of sulfone groups is 1. The standard InChI is InChI=1S/C12H18N2O4S/c1-3-19(16,17)10-6-4-9(5-7-10)11(13)8-14-12(15)18-2/h4-7,11H,3,8,13H2,1-2H3,(H,14,15). The van der Waals surface area contributed by atoms with Crippen LogP contribution < -0.4 is 11.1 Å². The number of ether oxygens (including phenoxy) is 1. The maximum absolute atomic E-state index is 11.6. The smallest absolute Gasteiger partial charge is 0.406 e. The lowest BCUT2D eigenvalue weighted by Gasteiger charge is -2.13. The Morgan fingerprint density at radius 3 is 2.42 bits per heavy atom. The molecule has 6 nitrogen and oxygen atoms in total. The summed E-state index contributed by atoms with van der Waals surface area (Å²) in [7, 11) is -1.93. The third kappa shape index (κ3) is 4.22. The number of amides is 1. The molecule has 3 N–H and O–H groups in total. The fourth-order valence-electron chi connectivity index (χ4n) is 1.47. The van der Waals surface area contributed by atoms with Gasteiger partial charge in [-0.3, -0.25) is 0 Å². The number of hydrogen-bond acceptors (Lipinski definition) is 5. The first-order valence-electron chi connectivity index (χ1n) is 5.80. The van der Waals surface area contributed by atoms with Crippen molar-refractivity contribution in [2.75, 3.05) is 19.4 Å². The molecular formula is C12H18N2O4S. The van der Waals surface area contributed by atoms with Crippen LogP contribution >= 0.6 is 0 Å². The van der Waals surface area contributed by atoms with Crippen molar-refractivity contribution in [3.63, 3.8) is 0 Å². The molecular weight excluding hydrogens is 268 g/mol. The van der Waals surface area contributed by atoms with Crippen molar-refractivity contribution in [3.8, 4) is 0 Å². The van der Waals surface area contributed by atoms with Crippen molar-refractivity contribution in [3.05, 3.63) is 29.8 Å². The van der Waals surface area contributed by atoms with Gasteiger partial charge in [-0.05, 0) is 17.7 Å². The predicted molar refractivity (Wildman–Crippen MR) is 71.5 cm³/mol. The van der Waals surface area contributed by atoms with Gasteiger partial charge in [0.25, 0.3) is 0 Å². The first kappa shape index (κ1) is 15.5. The normalized spacial score (nSPS) is 12.8. The molecule has 1 rings (SSSR count). The maximum Gasteiger partial charge on any atom is 0.406 e. The number of nitrogens with two attached hydrogens (primary N) is 1. The van der Waals surface area contributed by atoms with Gasteiger partial charge >= 0.3 is 6.09 Å². The van der Waals surface area contributed by atoms with Crippen molar-refractivity contribution in [1.82, 2.24) is 5.32 Å². The van der Waals surface area contributed by atoms with E-state index in [1.807, 2.05) is 0 Å². The molecule has 106 valence electrons. The maximum atomic E-state index is 11.6. The van der Waals surface area contributed by atoms with E-state index < -0.39 is 22.0 Å². The highest BCUT2D eigenvalue weighted by Gasteiger charge is 2.13. The molecule has 0 fully saturated rings. The van der Waals surface area contributed by atoms with Crippen molar-refractivity contribution in [2.45, 2.75) is 17.9 Å². The van der Waals surface area contributed by atoms with Gasteiger partial charge in [0.15, 0.2) is 9.84 Å². The summed E-state index contributed by atoms with van der Waals surface area (Å²) in [4.78, 5) is 11.2. The molecule has 1 atom stereocenters. The van der Waals surface area contributed by atoms with E-state index in [9.17, 15) is 13.2 Å². The van der Waals surface area contributed by atoms with Crippen molar-refractivity contribution < 1.29 is 17.9 Å². The second-order valence-electron chi connectivity index (χ2n) is 3.95. The zero-order valence-corrected chi connectivity index (χ0v) is 11.7. The fourth-order valence-corrected chi connectivity index (χ4v) is 2.36. The molecule has 19 heavy (non-hydrogen) atoms. The molecule has 0 aliphatic carbocycles. The highest BCUT2D eigenvalue weighted by Crippen LogP contribution is 2.15. The highest BCUT2D eigenvalue weighted by atomic mass is 32.2. The van der Waals surface area contributed by atoms with E-state index >= 15 is 0 Å². The Hall–Kier alpha value is -1.60. The average molecular weight is 286 g/mol. The summed E-state index contributed by atoms with van der Waals surface area (Å²) in [5.74, 6) is 0.0578. The number of nitrogens with one attached hydrogen (secondary N) is 1. The van der Waals surface area contributed by atoms with Crippen LogP contribution in [0.25, 0.3) is 0 Å². The Bertz CT molecular complexity index is 525. The molecule has 0 bridgehead atoms. The Morgan fingerprint density at radius 1 is 1.37 bits per heavy atom. The molecule has 1 aromatic carbocycles. The molecule has 0 aromatic heterocycles. The lowest BCUT2D eigenvalue weighted by molar-refractivity contribution is 0.170. The lowest BCUT2D eigenvalue weighted by atomic mass is 10.1. The van der Waals surface area contributed by atoms with Gasteiger partial charge in [-0.2, -0.15) is 0 Å². The van der Waals surface area contributed by atoms with E-state index in [2.05, 4.69) is 10.1 Å². The highest BCUT2D eigenvalue weighted by molar-refractivity contribution is 7.91. The van der Waals surface area contributed by atoms with Crippen LogP contribution in [0.2, 0.25) is 0 Å². The Balaban J connectivity index is 2.74. The molecule has 0 aliphatic rings. The zero-order valence-electron chi connectivity index (χ0n) is 10.9. The largest absolute Gasteiger partial charge is 0.453 e. The van der Waals surface area contributed by atoms with Crippen LogP contribution in [0, 0.1) is 0 Å². The minimum absolute atomic E-state index is 0.0578. The van der Waals surface area contributed by atoms with Gasteiger partial charge in [-0.15, -0.1) is 0 Å². The molecule has 1 amide bonds. The first-order valence-corrected chi connectivity index (χ1v) is 7.46. The number of rotatable bonds is 5. The Labute approximate surface area is 112 Å². The average Bonchev–Trinajstić information content (AvgIpc) is 2.44. The van der Waals surface area contributed by atoms with Crippen LogP contribution in [0.1, 0.15) is 18.5 Å². The molecule has 0 saturated heterocycles. The molecule has 0 heterocycles. The number of methoxy groups -OCH3 is 1. The van der Waals surface area contributed by atoms with Gasteiger partial charge in [-0.1, -0.05) is 19.1 Å². The topological polar surface area (TPSA) is 98.5 Å². The van der Waals surface area contributed by atoms with Gasteiger partial charge in [-0.25, -0.2) is 13.2 Å². The third-order valence-electron chi connectivity index (χ3n) is 2.70. The number of alkyl carbamates (subject to hydrolysis) is 1. The van der Waals surface area contributed by atoms with Crippen LogP contribution in [0.4, 0.5) is 4.79 Å².